The van der Waals surface area contributed by atoms with Gasteiger partial charge in [0.2, 0.25) is 5.91 Å². The minimum Gasteiger partial charge on any atom is -0.497 e. The Hall–Kier alpha value is -2.02. The van der Waals surface area contributed by atoms with Gasteiger partial charge in [-0.1, -0.05) is 25.6 Å². The Bertz CT molecular complexity index is 698. The lowest BCUT2D eigenvalue weighted by molar-refractivity contribution is -0.120. The zero-order valence-electron chi connectivity index (χ0n) is 15.4. The van der Waals surface area contributed by atoms with Crippen LogP contribution in [0.1, 0.15) is 27.7 Å². The van der Waals surface area contributed by atoms with Gasteiger partial charge in [0.05, 0.1) is 12.4 Å². The molecule has 1 aromatic heterocycles. The van der Waals surface area contributed by atoms with Gasteiger partial charge in [0.15, 0.2) is 11.0 Å². The van der Waals surface area contributed by atoms with Gasteiger partial charge in [0.1, 0.15) is 5.75 Å². The van der Waals surface area contributed by atoms with E-state index in [1.54, 1.807) is 7.11 Å². The average molecular weight is 362 g/mol. The van der Waals surface area contributed by atoms with Crippen molar-refractivity contribution in [1.29, 1.82) is 0 Å². The average Bonchev–Trinajstić information content (AvgIpc) is 3.02. The van der Waals surface area contributed by atoms with E-state index >= 15 is 0 Å². The summed E-state index contributed by atoms with van der Waals surface area (Å²) in [6, 6.07) is 7.72. The number of amides is 1. The van der Waals surface area contributed by atoms with Crippen molar-refractivity contribution >= 4 is 17.7 Å². The van der Waals surface area contributed by atoms with Crippen molar-refractivity contribution in [2.45, 2.75) is 44.6 Å². The molecule has 25 heavy (non-hydrogen) atoms. The maximum Gasteiger partial charge on any atom is 0.233 e. The lowest BCUT2D eigenvalue weighted by Gasteiger charge is -2.13. The molecule has 0 aliphatic rings. The number of nitrogens with zero attached hydrogens (tertiary/aromatic N) is 3. The Morgan fingerprint density at radius 2 is 1.92 bits per heavy atom. The second-order valence-electron chi connectivity index (χ2n) is 6.18. The van der Waals surface area contributed by atoms with Crippen LogP contribution in [0, 0.1) is 5.92 Å². The number of carbonyl (C=O) groups excluding carboxylic acids is 1. The lowest BCUT2D eigenvalue weighted by atomic mass is 10.2. The number of benzene rings is 1. The number of hydrogen-bond acceptors (Lipinski definition) is 5. The van der Waals surface area contributed by atoms with E-state index in [1.807, 2.05) is 42.7 Å². The summed E-state index contributed by atoms with van der Waals surface area (Å²) in [5.74, 6) is 2.05. The van der Waals surface area contributed by atoms with Crippen LogP contribution in [-0.2, 0) is 11.3 Å². The van der Waals surface area contributed by atoms with E-state index < -0.39 is 0 Å². The first-order valence-electron chi connectivity index (χ1n) is 8.48. The second kappa shape index (κ2) is 8.89. The van der Waals surface area contributed by atoms with Gasteiger partial charge in [-0.15, -0.1) is 10.2 Å². The zero-order chi connectivity index (χ0) is 18.4. The molecule has 2 aromatic rings. The molecular formula is C18H26N4O2S. The van der Waals surface area contributed by atoms with Crippen LogP contribution in [0.15, 0.2) is 29.4 Å². The fourth-order valence-corrected chi connectivity index (χ4v) is 3.21. The van der Waals surface area contributed by atoms with Crippen LogP contribution in [-0.4, -0.2) is 39.6 Å². The van der Waals surface area contributed by atoms with Crippen LogP contribution < -0.4 is 10.1 Å². The van der Waals surface area contributed by atoms with Gasteiger partial charge in [-0.05, 0) is 44.0 Å². The SMILES string of the molecule is CCn1c(SC(C)C(=O)NCC(C)C)nnc1-c1ccc(OC)cc1. The van der Waals surface area contributed by atoms with Crippen molar-refractivity contribution in [2.75, 3.05) is 13.7 Å². The van der Waals surface area contributed by atoms with Crippen molar-refractivity contribution in [3.8, 4) is 17.1 Å². The highest BCUT2D eigenvalue weighted by atomic mass is 32.2. The van der Waals surface area contributed by atoms with E-state index in [4.69, 9.17) is 4.74 Å². The predicted molar refractivity (Wildman–Crippen MR) is 101 cm³/mol. The maximum atomic E-state index is 12.2. The standard InChI is InChI=1S/C18H26N4O2S/c1-6-22-16(14-7-9-15(24-5)10-8-14)20-21-18(22)25-13(4)17(23)19-11-12(2)3/h7-10,12-13H,6,11H2,1-5H3,(H,19,23). The largest absolute Gasteiger partial charge is 0.497 e. The quantitative estimate of drug-likeness (QED) is 0.730. The van der Waals surface area contributed by atoms with Crippen molar-refractivity contribution in [3.05, 3.63) is 24.3 Å². The summed E-state index contributed by atoms with van der Waals surface area (Å²) in [5.41, 5.74) is 0.971. The van der Waals surface area contributed by atoms with Gasteiger partial charge in [-0.25, -0.2) is 0 Å². The molecule has 0 saturated heterocycles. The molecule has 6 nitrogen and oxygen atoms in total. The number of thioether (sulfide) groups is 1. The summed E-state index contributed by atoms with van der Waals surface area (Å²) in [6.45, 7) is 9.50. The summed E-state index contributed by atoms with van der Waals surface area (Å²) < 4.78 is 7.22. The Kier molecular flexibility index (Phi) is 6.87. The molecule has 0 fully saturated rings. The number of rotatable bonds is 8. The van der Waals surface area contributed by atoms with E-state index in [2.05, 4.69) is 29.4 Å². The normalized spacial score (nSPS) is 12.2. The van der Waals surface area contributed by atoms with Crippen LogP contribution in [0.5, 0.6) is 5.75 Å². The van der Waals surface area contributed by atoms with Crippen molar-refractivity contribution in [1.82, 2.24) is 20.1 Å². The number of methoxy groups -OCH3 is 1. The fraction of sp³-hybridized carbons (Fsp3) is 0.500. The molecule has 1 N–H and O–H groups in total. The Morgan fingerprint density at radius 3 is 2.48 bits per heavy atom. The number of nitrogens with one attached hydrogen (secondary N) is 1. The third-order valence-corrected chi connectivity index (χ3v) is 4.80. The van der Waals surface area contributed by atoms with Crippen LogP contribution in [0.25, 0.3) is 11.4 Å². The fourth-order valence-electron chi connectivity index (χ4n) is 2.27. The molecule has 7 heteroatoms. The summed E-state index contributed by atoms with van der Waals surface area (Å²) in [7, 11) is 1.64. The van der Waals surface area contributed by atoms with Gasteiger partial charge in [0.25, 0.3) is 0 Å². The molecular weight excluding hydrogens is 336 g/mol. The van der Waals surface area contributed by atoms with Crippen LogP contribution in [0.4, 0.5) is 0 Å². The van der Waals surface area contributed by atoms with E-state index in [1.165, 1.54) is 11.8 Å². The third kappa shape index (κ3) is 4.98. The van der Waals surface area contributed by atoms with Crippen LogP contribution >= 0.6 is 11.8 Å². The zero-order valence-corrected chi connectivity index (χ0v) is 16.3. The van der Waals surface area contributed by atoms with Crippen LogP contribution in [0.2, 0.25) is 0 Å². The van der Waals surface area contributed by atoms with E-state index in [0.29, 0.717) is 12.5 Å². The summed E-state index contributed by atoms with van der Waals surface area (Å²) >= 11 is 1.43. The molecule has 1 unspecified atom stereocenters. The summed E-state index contributed by atoms with van der Waals surface area (Å²) in [5, 5.41) is 12.1. The van der Waals surface area contributed by atoms with Gasteiger partial charge >= 0.3 is 0 Å². The molecule has 0 bridgehead atoms. The molecule has 136 valence electrons. The van der Waals surface area contributed by atoms with Crippen molar-refractivity contribution in [3.63, 3.8) is 0 Å². The molecule has 0 radical (unpaired) electrons. The van der Waals surface area contributed by atoms with Gasteiger partial charge in [-0.3, -0.25) is 4.79 Å². The predicted octanol–water partition coefficient (Wildman–Crippen LogP) is 3.23. The minimum atomic E-state index is -0.225. The molecule has 1 amide bonds. The highest BCUT2D eigenvalue weighted by molar-refractivity contribution is 8.00. The highest BCUT2D eigenvalue weighted by Gasteiger charge is 2.20. The van der Waals surface area contributed by atoms with E-state index in [9.17, 15) is 4.79 Å². The highest BCUT2D eigenvalue weighted by Crippen LogP contribution is 2.27. The molecule has 0 aliphatic carbocycles. The second-order valence-corrected chi connectivity index (χ2v) is 7.49. The molecule has 1 heterocycles. The first-order chi connectivity index (χ1) is 12.0. The first-order valence-corrected chi connectivity index (χ1v) is 9.36. The third-order valence-electron chi connectivity index (χ3n) is 3.72. The number of carbonyl (C=O) groups is 1. The first kappa shape index (κ1) is 19.3. The van der Waals surface area contributed by atoms with Crippen molar-refractivity contribution in [2.24, 2.45) is 5.92 Å². The molecule has 0 spiro atoms. The van der Waals surface area contributed by atoms with Crippen LogP contribution in [0.3, 0.4) is 0 Å². The Labute approximate surface area is 153 Å². The Morgan fingerprint density at radius 1 is 1.24 bits per heavy atom. The summed E-state index contributed by atoms with van der Waals surface area (Å²) in [4.78, 5) is 12.2. The van der Waals surface area contributed by atoms with Gasteiger partial charge in [-0.2, -0.15) is 0 Å². The maximum absolute atomic E-state index is 12.2. The lowest BCUT2D eigenvalue weighted by Crippen LogP contribution is -2.33. The molecule has 0 aliphatic heterocycles. The monoisotopic (exact) mass is 362 g/mol. The molecule has 0 saturated carbocycles. The number of aromatic nitrogens is 3. The van der Waals surface area contributed by atoms with Gasteiger partial charge < -0.3 is 14.6 Å². The number of ether oxygens (including phenoxy) is 1. The van der Waals surface area contributed by atoms with E-state index in [-0.39, 0.29) is 11.2 Å². The summed E-state index contributed by atoms with van der Waals surface area (Å²) in [6.07, 6.45) is 0. The molecule has 1 aromatic carbocycles. The van der Waals surface area contributed by atoms with Crippen molar-refractivity contribution < 1.29 is 9.53 Å². The minimum absolute atomic E-state index is 0.0235. The van der Waals surface area contributed by atoms with Gasteiger partial charge in [0, 0.05) is 18.7 Å². The molecule has 1 atom stereocenters. The molecule has 2 rings (SSSR count). The topological polar surface area (TPSA) is 69.0 Å². The van der Waals surface area contributed by atoms with E-state index in [0.717, 1.165) is 28.8 Å². The Balaban J connectivity index is 2.14. The number of hydrogen-bond donors (Lipinski definition) is 1. The smallest absolute Gasteiger partial charge is 0.233 e.